The number of rotatable bonds is 2. The molecular weight excluding hydrogens is 258 g/mol. The molecule has 1 fully saturated rings. The van der Waals surface area contributed by atoms with E-state index in [0.29, 0.717) is 5.82 Å². The number of ether oxygens (including phenoxy) is 1. The highest BCUT2D eigenvalue weighted by atomic mass is 79.9. The van der Waals surface area contributed by atoms with Gasteiger partial charge in [-0.2, -0.15) is 0 Å². The lowest BCUT2D eigenvalue weighted by Crippen LogP contribution is -2.38. The molecule has 0 amide bonds. The topological polar surface area (TPSA) is 61.0 Å². The number of nitrogens with two attached hydrogens (primary N) is 1. The van der Waals surface area contributed by atoms with Crippen LogP contribution in [0.5, 0.6) is 0 Å². The predicted octanol–water partition coefficient (Wildman–Crippen LogP) is 2.16. The van der Waals surface area contributed by atoms with Crippen molar-refractivity contribution in [3.05, 3.63) is 16.0 Å². The standard InChI is InChI=1S/C10H14BrN3O/c1-6-7(11)8(12)14-9(13-6)10(15-2)4-3-5-10/h3-5H2,1-2H3,(H2,12,13,14). The average Bonchev–Trinajstić information content (AvgIpc) is 2.13. The molecule has 0 bridgehead atoms. The van der Waals surface area contributed by atoms with Gasteiger partial charge in [-0.15, -0.1) is 0 Å². The molecule has 15 heavy (non-hydrogen) atoms. The first kappa shape index (κ1) is 10.8. The summed E-state index contributed by atoms with van der Waals surface area (Å²) in [6, 6.07) is 0. The largest absolute Gasteiger partial charge is 0.383 e. The van der Waals surface area contributed by atoms with Crippen molar-refractivity contribution >= 4 is 21.7 Å². The Morgan fingerprint density at radius 1 is 1.40 bits per heavy atom. The number of methoxy groups -OCH3 is 1. The van der Waals surface area contributed by atoms with Crippen molar-refractivity contribution in [1.29, 1.82) is 0 Å². The Hall–Kier alpha value is -0.680. The van der Waals surface area contributed by atoms with E-state index in [2.05, 4.69) is 25.9 Å². The van der Waals surface area contributed by atoms with Crippen LogP contribution >= 0.6 is 15.9 Å². The lowest BCUT2D eigenvalue weighted by Gasteiger charge is -2.39. The van der Waals surface area contributed by atoms with E-state index in [1.54, 1.807) is 7.11 Å². The minimum atomic E-state index is -0.292. The molecule has 0 atom stereocenters. The number of aromatic nitrogens is 2. The highest BCUT2D eigenvalue weighted by molar-refractivity contribution is 9.10. The molecule has 1 aliphatic carbocycles. The van der Waals surface area contributed by atoms with E-state index < -0.39 is 0 Å². The molecule has 0 unspecified atom stereocenters. The normalized spacial score (nSPS) is 18.6. The predicted molar refractivity (Wildman–Crippen MR) is 61.4 cm³/mol. The molecular formula is C10H14BrN3O. The van der Waals surface area contributed by atoms with Crippen molar-refractivity contribution in [3.8, 4) is 0 Å². The van der Waals surface area contributed by atoms with Crippen LogP contribution < -0.4 is 5.73 Å². The first-order valence-electron chi connectivity index (χ1n) is 4.94. The summed E-state index contributed by atoms with van der Waals surface area (Å²) < 4.78 is 6.29. The molecule has 0 radical (unpaired) electrons. The van der Waals surface area contributed by atoms with Gasteiger partial charge in [0.05, 0.1) is 10.2 Å². The third-order valence-corrected chi connectivity index (χ3v) is 3.98. The highest BCUT2D eigenvalue weighted by Crippen LogP contribution is 2.43. The van der Waals surface area contributed by atoms with E-state index in [4.69, 9.17) is 10.5 Å². The maximum atomic E-state index is 5.80. The number of aryl methyl sites for hydroxylation is 1. The third-order valence-electron chi connectivity index (χ3n) is 3.00. The van der Waals surface area contributed by atoms with Crippen LogP contribution in [-0.2, 0) is 10.3 Å². The molecule has 0 spiro atoms. The number of anilines is 1. The van der Waals surface area contributed by atoms with Gasteiger partial charge in [0, 0.05) is 7.11 Å². The number of nitrogen functional groups attached to an aromatic ring is 1. The first-order valence-corrected chi connectivity index (χ1v) is 5.73. The summed E-state index contributed by atoms with van der Waals surface area (Å²) in [6.07, 6.45) is 3.11. The van der Waals surface area contributed by atoms with Crippen molar-refractivity contribution < 1.29 is 4.74 Å². The summed E-state index contributed by atoms with van der Waals surface area (Å²) in [5.74, 6) is 1.20. The van der Waals surface area contributed by atoms with Crippen LogP contribution in [0.2, 0.25) is 0 Å². The SMILES string of the molecule is COC1(c2nc(C)c(Br)c(N)n2)CCC1. The van der Waals surface area contributed by atoms with Crippen LogP contribution in [-0.4, -0.2) is 17.1 Å². The number of nitrogens with zero attached hydrogens (tertiary/aromatic N) is 2. The molecule has 1 aromatic rings. The Kier molecular flexibility index (Phi) is 2.68. The van der Waals surface area contributed by atoms with Gasteiger partial charge < -0.3 is 10.5 Å². The van der Waals surface area contributed by atoms with Crippen LogP contribution in [0.3, 0.4) is 0 Å². The zero-order chi connectivity index (χ0) is 11.1. The summed E-state index contributed by atoms with van der Waals surface area (Å²) >= 11 is 3.35. The molecule has 0 saturated heterocycles. The van der Waals surface area contributed by atoms with E-state index in [-0.39, 0.29) is 5.60 Å². The zero-order valence-electron chi connectivity index (χ0n) is 8.88. The van der Waals surface area contributed by atoms with Gasteiger partial charge in [0.25, 0.3) is 0 Å². The summed E-state index contributed by atoms with van der Waals surface area (Å²) in [7, 11) is 1.70. The Morgan fingerprint density at radius 3 is 2.47 bits per heavy atom. The van der Waals surface area contributed by atoms with E-state index in [0.717, 1.165) is 35.3 Å². The second-order valence-corrected chi connectivity index (χ2v) is 4.68. The molecule has 2 rings (SSSR count). The fraction of sp³-hybridized carbons (Fsp3) is 0.600. The van der Waals surface area contributed by atoms with Crippen LogP contribution in [0.4, 0.5) is 5.82 Å². The molecule has 4 nitrogen and oxygen atoms in total. The smallest absolute Gasteiger partial charge is 0.162 e. The van der Waals surface area contributed by atoms with Crippen LogP contribution in [0, 0.1) is 6.92 Å². The summed E-state index contributed by atoms with van der Waals surface area (Å²) in [6.45, 7) is 1.91. The third kappa shape index (κ3) is 1.63. The quantitative estimate of drug-likeness (QED) is 0.896. The maximum absolute atomic E-state index is 5.80. The number of halogens is 1. The fourth-order valence-corrected chi connectivity index (χ4v) is 1.98. The van der Waals surface area contributed by atoms with Crippen molar-refractivity contribution in [3.63, 3.8) is 0 Å². The van der Waals surface area contributed by atoms with Crippen molar-refractivity contribution in [2.24, 2.45) is 0 Å². The Morgan fingerprint density at radius 2 is 2.07 bits per heavy atom. The van der Waals surface area contributed by atoms with Crippen LogP contribution in [0.1, 0.15) is 30.8 Å². The average molecular weight is 272 g/mol. The van der Waals surface area contributed by atoms with E-state index >= 15 is 0 Å². The number of hydrogen-bond acceptors (Lipinski definition) is 4. The van der Waals surface area contributed by atoms with Gasteiger partial charge in [0.15, 0.2) is 5.82 Å². The van der Waals surface area contributed by atoms with Crippen molar-refractivity contribution in [2.75, 3.05) is 12.8 Å². The minimum absolute atomic E-state index is 0.292. The van der Waals surface area contributed by atoms with Gasteiger partial charge in [-0.05, 0) is 42.1 Å². The lowest BCUT2D eigenvalue weighted by molar-refractivity contribution is -0.0846. The van der Waals surface area contributed by atoms with E-state index in [1.165, 1.54) is 0 Å². The van der Waals surface area contributed by atoms with Crippen LogP contribution in [0.25, 0.3) is 0 Å². The molecule has 82 valence electrons. The van der Waals surface area contributed by atoms with Gasteiger partial charge in [-0.1, -0.05) is 0 Å². The zero-order valence-corrected chi connectivity index (χ0v) is 10.5. The lowest BCUT2D eigenvalue weighted by atomic mass is 9.79. The minimum Gasteiger partial charge on any atom is -0.383 e. The van der Waals surface area contributed by atoms with Crippen molar-refractivity contribution in [1.82, 2.24) is 9.97 Å². The molecule has 1 aliphatic rings. The Bertz CT molecular complexity index is 362. The van der Waals surface area contributed by atoms with E-state index in [1.807, 2.05) is 6.92 Å². The highest BCUT2D eigenvalue weighted by Gasteiger charge is 2.42. The summed E-state index contributed by atoms with van der Waals surface area (Å²) in [4.78, 5) is 8.73. The molecule has 1 aromatic heterocycles. The van der Waals surface area contributed by atoms with Gasteiger partial charge in [-0.25, -0.2) is 9.97 Å². The first-order chi connectivity index (χ1) is 7.09. The summed E-state index contributed by atoms with van der Waals surface area (Å²) in [5.41, 5.74) is 6.37. The molecule has 0 aromatic carbocycles. The van der Waals surface area contributed by atoms with E-state index in [9.17, 15) is 0 Å². The second-order valence-electron chi connectivity index (χ2n) is 3.88. The monoisotopic (exact) mass is 271 g/mol. The Labute approximate surface area is 97.4 Å². The summed E-state index contributed by atoms with van der Waals surface area (Å²) in [5, 5.41) is 0. The van der Waals surface area contributed by atoms with Crippen molar-refractivity contribution in [2.45, 2.75) is 31.8 Å². The second kappa shape index (κ2) is 3.72. The molecule has 1 saturated carbocycles. The fourth-order valence-electron chi connectivity index (χ4n) is 1.80. The molecule has 5 heteroatoms. The molecule has 1 heterocycles. The Balaban J connectivity index is 2.45. The van der Waals surface area contributed by atoms with Gasteiger partial charge >= 0.3 is 0 Å². The van der Waals surface area contributed by atoms with Gasteiger partial charge in [0.1, 0.15) is 11.4 Å². The van der Waals surface area contributed by atoms with Gasteiger partial charge in [-0.3, -0.25) is 0 Å². The molecule has 0 aliphatic heterocycles. The maximum Gasteiger partial charge on any atom is 0.162 e. The molecule has 2 N–H and O–H groups in total. The van der Waals surface area contributed by atoms with Crippen LogP contribution in [0.15, 0.2) is 4.47 Å². The number of hydrogen-bond donors (Lipinski definition) is 1. The van der Waals surface area contributed by atoms with Gasteiger partial charge in [0.2, 0.25) is 0 Å².